The molecule has 0 atom stereocenters. The van der Waals surface area contributed by atoms with E-state index in [1.807, 2.05) is 0 Å². The van der Waals surface area contributed by atoms with Crippen LogP contribution in [0.3, 0.4) is 0 Å². The first-order valence-corrected chi connectivity index (χ1v) is 8.09. The average molecular weight is 322 g/mol. The summed E-state index contributed by atoms with van der Waals surface area (Å²) in [5.41, 5.74) is 0.368. The normalized spacial score (nSPS) is 11.0. The second kappa shape index (κ2) is 6.81. The Bertz CT molecular complexity index is 600. The van der Waals surface area contributed by atoms with Gasteiger partial charge in [-0.05, 0) is 0 Å². The molecule has 0 saturated carbocycles. The van der Waals surface area contributed by atoms with Crippen LogP contribution in [0.1, 0.15) is 6.42 Å². The zero-order valence-corrected chi connectivity index (χ0v) is 13.0. The largest absolute Gasteiger partial charge is 0.495 e. The van der Waals surface area contributed by atoms with Crippen LogP contribution < -0.4 is 14.8 Å². The summed E-state index contributed by atoms with van der Waals surface area (Å²) in [7, 11) is -0.302. The number of amides is 1. The summed E-state index contributed by atoms with van der Waals surface area (Å²) < 4.78 is 32.2. The van der Waals surface area contributed by atoms with Gasteiger partial charge >= 0.3 is 0 Å². The number of nitrogens with one attached hydrogen (secondary N) is 1. The lowest BCUT2D eigenvalue weighted by Crippen LogP contribution is -2.17. The third-order valence-corrected chi connectivity index (χ3v) is 3.69. The molecule has 0 saturated heterocycles. The zero-order valence-electron chi connectivity index (χ0n) is 11.4. The molecule has 0 bridgehead atoms. The van der Waals surface area contributed by atoms with Gasteiger partial charge in [-0.3, -0.25) is 4.79 Å². The van der Waals surface area contributed by atoms with Crippen LogP contribution in [0.2, 0.25) is 5.02 Å². The molecule has 0 heterocycles. The van der Waals surface area contributed by atoms with E-state index in [0.717, 1.165) is 6.26 Å². The first kappa shape index (κ1) is 16.6. The summed E-state index contributed by atoms with van der Waals surface area (Å²) in [5.74, 6) is 0.0961. The van der Waals surface area contributed by atoms with E-state index in [4.69, 9.17) is 21.1 Å². The number of hydrogen-bond donors (Lipinski definition) is 1. The molecular formula is C12H16ClNO5S. The van der Waals surface area contributed by atoms with Gasteiger partial charge in [0.1, 0.15) is 21.3 Å². The standard InChI is InChI=1S/C12H16ClNO5S/c1-18-10-7-9(11(19-2)6-8(10)13)14-12(15)4-5-20(3,16)17/h6-7H,4-5H2,1-3H3,(H,14,15). The van der Waals surface area contributed by atoms with Gasteiger partial charge in [-0.25, -0.2) is 8.42 Å². The lowest BCUT2D eigenvalue weighted by Gasteiger charge is -2.13. The van der Waals surface area contributed by atoms with Gasteiger partial charge in [0.2, 0.25) is 5.91 Å². The number of ether oxygens (including phenoxy) is 2. The summed E-state index contributed by atoms with van der Waals surface area (Å²) in [4.78, 5) is 11.7. The van der Waals surface area contributed by atoms with Crippen molar-refractivity contribution < 1.29 is 22.7 Å². The highest BCUT2D eigenvalue weighted by molar-refractivity contribution is 7.90. The van der Waals surface area contributed by atoms with Crippen molar-refractivity contribution in [3.63, 3.8) is 0 Å². The van der Waals surface area contributed by atoms with E-state index in [2.05, 4.69) is 5.32 Å². The van der Waals surface area contributed by atoms with E-state index in [1.54, 1.807) is 0 Å². The molecule has 0 aliphatic carbocycles. The van der Waals surface area contributed by atoms with Crippen molar-refractivity contribution in [3.8, 4) is 11.5 Å². The van der Waals surface area contributed by atoms with Gasteiger partial charge in [-0.1, -0.05) is 11.6 Å². The first-order chi connectivity index (χ1) is 9.26. The van der Waals surface area contributed by atoms with Crippen molar-refractivity contribution in [1.29, 1.82) is 0 Å². The van der Waals surface area contributed by atoms with Crippen molar-refractivity contribution in [2.45, 2.75) is 6.42 Å². The summed E-state index contributed by atoms with van der Waals surface area (Å²) in [5, 5.41) is 2.91. The Balaban J connectivity index is 2.88. The maximum absolute atomic E-state index is 11.7. The number of carbonyl (C=O) groups excluding carboxylic acids is 1. The lowest BCUT2D eigenvalue weighted by atomic mass is 10.2. The number of halogens is 1. The Hall–Kier alpha value is -1.47. The lowest BCUT2D eigenvalue weighted by molar-refractivity contribution is -0.115. The Kier molecular flexibility index (Phi) is 5.64. The van der Waals surface area contributed by atoms with E-state index in [-0.39, 0.29) is 12.2 Å². The first-order valence-electron chi connectivity index (χ1n) is 5.66. The molecule has 112 valence electrons. The highest BCUT2D eigenvalue weighted by atomic mass is 35.5. The van der Waals surface area contributed by atoms with Crippen molar-refractivity contribution in [2.75, 3.05) is 31.5 Å². The quantitative estimate of drug-likeness (QED) is 0.863. The Labute approximate surface area is 122 Å². The van der Waals surface area contributed by atoms with Crippen LogP contribution in [0.15, 0.2) is 12.1 Å². The second-order valence-corrected chi connectivity index (χ2v) is 6.78. The highest BCUT2D eigenvalue weighted by Gasteiger charge is 2.14. The topological polar surface area (TPSA) is 81.7 Å². The van der Waals surface area contributed by atoms with E-state index < -0.39 is 15.7 Å². The Morgan fingerprint density at radius 2 is 1.85 bits per heavy atom. The molecule has 0 fully saturated rings. The van der Waals surface area contributed by atoms with Gasteiger partial charge < -0.3 is 14.8 Å². The van der Waals surface area contributed by atoms with Gasteiger partial charge in [-0.15, -0.1) is 0 Å². The molecule has 1 aromatic carbocycles. The molecule has 1 rings (SSSR count). The number of benzene rings is 1. The molecule has 0 aliphatic heterocycles. The predicted molar refractivity (Wildman–Crippen MR) is 77.5 cm³/mol. The summed E-state index contributed by atoms with van der Waals surface area (Å²) in [6.45, 7) is 0. The molecular weight excluding hydrogens is 306 g/mol. The summed E-state index contributed by atoms with van der Waals surface area (Å²) >= 11 is 5.94. The molecule has 8 heteroatoms. The maximum Gasteiger partial charge on any atom is 0.225 e. The highest BCUT2D eigenvalue weighted by Crippen LogP contribution is 2.35. The molecule has 6 nitrogen and oxygen atoms in total. The molecule has 1 amide bonds. The smallest absolute Gasteiger partial charge is 0.225 e. The number of carbonyl (C=O) groups is 1. The number of anilines is 1. The van der Waals surface area contributed by atoms with E-state index in [0.29, 0.717) is 22.2 Å². The maximum atomic E-state index is 11.7. The van der Waals surface area contributed by atoms with Crippen LogP contribution in [0, 0.1) is 0 Å². The van der Waals surface area contributed by atoms with Crippen LogP contribution >= 0.6 is 11.6 Å². The number of sulfone groups is 1. The van der Waals surface area contributed by atoms with Crippen LogP contribution in [0.25, 0.3) is 0 Å². The van der Waals surface area contributed by atoms with E-state index in [1.165, 1.54) is 26.4 Å². The van der Waals surface area contributed by atoms with Crippen molar-refractivity contribution in [2.24, 2.45) is 0 Å². The van der Waals surface area contributed by atoms with Crippen LogP contribution in [-0.2, 0) is 14.6 Å². The fourth-order valence-electron chi connectivity index (χ4n) is 1.45. The molecule has 0 unspecified atom stereocenters. The summed E-state index contributed by atoms with van der Waals surface area (Å²) in [6.07, 6.45) is 0.944. The third-order valence-electron chi connectivity index (χ3n) is 2.45. The van der Waals surface area contributed by atoms with E-state index >= 15 is 0 Å². The molecule has 0 spiro atoms. The van der Waals surface area contributed by atoms with Crippen molar-refractivity contribution in [1.82, 2.24) is 0 Å². The predicted octanol–water partition coefficient (Wildman–Crippen LogP) is 1.73. The Morgan fingerprint density at radius 1 is 1.25 bits per heavy atom. The van der Waals surface area contributed by atoms with Gasteiger partial charge in [-0.2, -0.15) is 0 Å². The monoisotopic (exact) mass is 321 g/mol. The SMILES string of the molecule is COc1cc(NC(=O)CCS(C)(=O)=O)c(OC)cc1Cl. The Morgan fingerprint density at radius 3 is 2.35 bits per heavy atom. The molecule has 0 aromatic heterocycles. The number of hydrogen-bond acceptors (Lipinski definition) is 5. The van der Waals surface area contributed by atoms with Gasteiger partial charge in [0.05, 0.1) is 30.7 Å². The number of rotatable bonds is 6. The third kappa shape index (κ3) is 4.90. The minimum Gasteiger partial charge on any atom is -0.495 e. The zero-order chi connectivity index (χ0) is 15.3. The van der Waals surface area contributed by atoms with Crippen LogP contribution in [0.4, 0.5) is 5.69 Å². The fraction of sp³-hybridized carbons (Fsp3) is 0.417. The van der Waals surface area contributed by atoms with Crippen LogP contribution in [0.5, 0.6) is 11.5 Å². The van der Waals surface area contributed by atoms with Gasteiger partial charge in [0.25, 0.3) is 0 Å². The van der Waals surface area contributed by atoms with Gasteiger partial charge in [0, 0.05) is 24.8 Å². The van der Waals surface area contributed by atoms with Crippen LogP contribution in [-0.4, -0.2) is 40.6 Å². The molecule has 0 radical (unpaired) electrons. The minimum absolute atomic E-state index is 0.132. The average Bonchev–Trinajstić information content (AvgIpc) is 2.37. The fourth-order valence-corrected chi connectivity index (χ4v) is 2.24. The molecule has 20 heavy (non-hydrogen) atoms. The molecule has 1 aromatic rings. The minimum atomic E-state index is -3.18. The number of methoxy groups -OCH3 is 2. The van der Waals surface area contributed by atoms with Gasteiger partial charge in [0.15, 0.2) is 0 Å². The van der Waals surface area contributed by atoms with Crippen molar-refractivity contribution >= 4 is 33.0 Å². The molecule has 0 aliphatic rings. The van der Waals surface area contributed by atoms with E-state index in [9.17, 15) is 13.2 Å². The van der Waals surface area contributed by atoms with Crippen molar-refractivity contribution in [3.05, 3.63) is 17.2 Å². The summed E-state index contributed by atoms with van der Waals surface area (Å²) in [6, 6.07) is 3.02. The molecule has 1 N–H and O–H groups in total. The second-order valence-electron chi connectivity index (χ2n) is 4.12.